The molecule has 0 saturated carbocycles. The summed E-state index contributed by atoms with van der Waals surface area (Å²) in [5.74, 6) is 0. The van der Waals surface area contributed by atoms with Crippen molar-refractivity contribution in [1.82, 2.24) is 14.1 Å². The lowest BCUT2D eigenvalue weighted by Gasteiger charge is -2.07. The van der Waals surface area contributed by atoms with Gasteiger partial charge in [0.25, 0.3) is 5.56 Å². The molecule has 18 heavy (non-hydrogen) atoms. The summed E-state index contributed by atoms with van der Waals surface area (Å²) in [4.78, 5) is 27.8. The molecule has 0 bridgehead atoms. The molecule has 2 aromatic rings. The van der Waals surface area contributed by atoms with Crippen molar-refractivity contribution in [3.63, 3.8) is 0 Å². The molecule has 0 saturated heterocycles. The number of hydrogen-bond acceptors (Lipinski definition) is 5. The standard InChI is InChI=1S/C11H14N4O2S/c1-8-13-9(7-18-8)6-14-4-2-10(16)15(5-3-12)11(14)17/h2,4,7H,3,5-6,12H2,1H3. The van der Waals surface area contributed by atoms with Gasteiger partial charge in [-0.05, 0) is 6.92 Å². The van der Waals surface area contributed by atoms with Gasteiger partial charge in [0.15, 0.2) is 0 Å². The van der Waals surface area contributed by atoms with Gasteiger partial charge < -0.3 is 5.73 Å². The van der Waals surface area contributed by atoms with Crippen LogP contribution in [-0.2, 0) is 13.1 Å². The van der Waals surface area contributed by atoms with Crippen molar-refractivity contribution in [2.24, 2.45) is 5.73 Å². The lowest BCUT2D eigenvalue weighted by molar-refractivity contribution is 0.576. The molecule has 0 aromatic carbocycles. The second-order valence-electron chi connectivity index (χ2n) is 3.86. The number of aromatic nitrogens is 3. The van der Waals surface area contributed by atoms with Gasteiger partial charge >= 0.3 is 5.69 Å². The predicted molar refractivity (Wildman–Crippen MR) is 70.0 cm³/mol. The zero-order valence-electron chi connectivity index (χ0n) is 10.00. The topological polar surface area (TPSA) is 82.9 Å². The predicted octanol–water partition coefficient (Wildman–Crippen LogP) is -0.218. The van der Waals surface area contributed by atoms with Crippen molar-refractivity contribution in [2.45, 2.75) is 20.0 Å². The van der Waals surface area contributed by atoms with Crippen LogP contribution in [0.25, 0.3) is 0 Å². The highest BCUT2D eigenvalue weighted by molar-refractivity contribution is 7.09. The van der Waals surface area contributed by atoms with Crippen molar-refractivity contribution in [3.8, 4) is 0 Å². The highest BCUT2D eigenvalue weighted by Crippen LogP contribution is 2.08. The highest BCUT2D eigenvalue weighted by atomic mass is 32.1. The summed E-state index contributed by atoms with van der Waals surface area (Å²) < 4.78 is 2.60. The van der Waals surface area contributed by atoms with Crippen LogP contribution in [0.4, 0.5) is 0 Å². The van der Waals surface area contributed by atoms with Gasteiger partial charge in [-0.15, -0.1) is 11.3 Å². The molecule has 0 radical (unpaired) electrons. The van der Waals surface area contributed by atoms with Crippen LogP contribution in [0, 0.1) is 6.92 Å². The molecule has 7 heteroatoms. The van der Waals surface area contributed by atoms with E-state index in [9.17, 15) is 9.59 Å². The van der Waals surface area contributed by atoms with Crippen LogP contribution in [0.5, 0.6) is 0 Å². The minimum Gasteiger partial charge on any atom is -0.329 e. The Balaban J connectivity index is 2.37. The van der Waals surface area contributed by atoms with Crippen LogP contribution in [0.2, 0.25) is 0 Å². The van der Waals surface area contributed by atoms with Gasteiger partial charge in [-0.25, -0.2) is 9.78 Å². The first kappa shape index (κ1) is 12.7. The largest absolute Gasteiger partial charge is 0.331 e. The first-order chi connectivity index (χ1) is 8.61. The first-order valence-corrected chi connectivity index (χ1v) is 6.41. The van der Waals surface area contributed by atoms with Crippen molar-refractivity contribution in [3.05, 3.63) is 49.2 Å². The van der Waals surface area contributed by atoms with Crippen LogP contribution < -0.4 is 17.0 Å². The molecule has 2 N–H and O–H groups in total. The fourth-order valence-electron chi connectivity index (χ4n) is 1.67. The Morgan fingerprint density at radius 2 is 2.22 bits per heavy atom. The van der Waals surface area contributed by atoms with Gasteiger partial charge in [-0.2, -0.15) is 0 Å². The fraction of sp³-hybridized carbons (Fsp3) is 0.364. The maximum Gasteiger partial charge on any atom is 0.331 e. The van der Waals surface area contributed by atoms with E-state index in [-0.39, 0.29) is 24.3 Å². The molecule has 6 nitrogen and oxygen atoms in total. The van der Waals surface area contributed by atoms with E-state index in [0.717, 1.165) is 15.3 Å². The zero-order valence-corrected chi connectivity index (χ0v) is 10.8. The van der Waals surface area contributed by atoms with Crippen LogP contribution in [0.1, 0.15) is 10.7 Å². The van der Waals surface area contributed by atoms with Crippen molar-refractivity contribution < 1.29 is 0 Å². The normalized spacial score (nSPS) is 10.8. The summed E-state index contributed by atoms with van der Waals surface area (Å²) in [6, 6.07) is 1.37. The first-order valence-electron chi connectivity index (χ1n) is 5.53. The molecular weight excluding hydrogens is 252 g/mol. The summed E-state index contributed by atoms with van der Waals surface area (Å²) in [6.45, 7) is 2.77. The summed E-state index contributed by atoms with van der Waals surface area (Å²) in [7, 11) is 0. The second kappa shape index (κ2) is 5.28. The van der Waals surface area contributed by atoms with E-state index < -0.39 is 0 Å². The van der Waals surface area contributed by atoms with Gasteiger partial charge in [-0.1, -0.05) is 0 Å². The lowest BCUT2D eigenvalue weighted by atomic mass is 10.4. The van der Waals surface area contributed by atoms with Crippen LogP contribution in [-0.4, -0.2) is 20.7 Å². The van der Waals surface area contributed by atoms with E-state index in [1.807, 2.05) is 12.3 Å². The minimum absolute atomic E-state index is 0.231. The third-order valence-electron chi connectivity index (χ3n) is 2.49. The molecule has 2 heterocycles. The molecule has 0 aliphatic carbocycles. The summed E-state index contributed by atoms with van der Waals surface area (Å²) in [5.41, 5.74) is 5.53. The Labute approximate surface area is 107 Å². The van der Waals surface area contributed by atoms with E-state index in [2.05, 4.69) is 4.98 Å². The van der Waals surface area contributed by atoms with E-state index in [0.29, 0.717) is 6.54 Å². The molecule has 0 amide bonds. The fourth-order valence-corrected chi connectivity index (χ4v) is 2.27. The average molecular weight is 266 g/mol. The number of aryl methyl sites for hydroxylation is 1. The Kier molecular flexibility index (Phi) is 3.73. The average Bonchev–Trinajstić information content (AvgIpc) is 2.74. The van der Waals surface area contributed by atoms with Crippen molar-refractivity contribution in [2.75, 3.05) is 6.54 Å². The Morgan fingerprint density at radius 1 is 1.44 bits per heavy atom. The Hall–Kier alpha value is -1.73. The third-order valence-corrected chi connectivity index (χ3v) is 3.31. The smallest absolute Gasteiger partial charge is 0.329 e. The molecule has 0 aliphatic rings. The van der Waals surface area contributed by atoms with Gasteiger partial charge in [0.05, 0.1) is 17.2 Å². The van der Waals surface area contributed by atoms with E-state index >= 15 is 0 Å². The maximum atomic E-state index is 12.0. The molecule has 0 aliphatic heterocycles. The Bertz CT molecular complexity index is 656. The number of hydrogen-bond donors (Lipinski definition) is 1. The molecule has 0 fully saturated rings. The zero-order chi connectivity index (χ0) is 13.1. The molecule has 0 unspecified atom stereocenters. The lowest BCUT2D eigenvalue weighted by Crippen LogP contribution is -2.40. The molecule has 96 valence electrons. The van der Waals surface area contributed by atoms with E-state index in [1.54, 1.807) is 0 Å². The van der Waals surface area contributed by atoms with Gasteiger partial charge in [0, 0.05) is 30.7 Å². The Morgan fingerprint density at radius 3 is 2.83 bits per heavy atom. The van der Waals surface area contributed by atoms with Crippen LogP contribution in [0.3, 0.4) is 0 Å². The van der Waals surface area contributed by atoms with Crippen molar-refractivity contribution in [1.29, 1.82) is 0 Å². The van der Waals surface area contributed by atoms with Gasteiger partial charge in [0.2, 0.25) is 0 Å². The summed E-state index contributed by atoms with van der Waals surface area (Å²) in [5, 5.41) is 2.86. The molecule has 0 spiro atoms. The number of thiazole rings is 1. The SMILES string of the molecule is Cc1nc(Cn2ccc(=O)n(CCN)c2=O)cs1. The highest BCUT2D eigenvalue weighted by Gasteiger charge is 2.06. The second-order valence-corrected chi connectivity index (χ2v) is 4.92. The molecular formula is C11H14N4O2S. The van der Waals surface area contributed by atoms with E-state index in [1.165, 1.54) is 28.2 Å². The summed E-state index contributed by atoms with van der Waals surface area (Å²) in [6.07, 6.45) is 1.49. The third kappa shape index (κ3) is 2.57. The van der Waals surface area contributed by atoms with Crippen LogP contribution in [0.15, 0.2) is 27.2 Å². The minimum atomic E-state index is -0.349. The molecule has 2 aromatic heterocycles. The van der Waals surface area contributed by atoms with Gasteiger partial charge in [-0.3, -0.25) is 13.9 Å². The van der Waals surface area contributed by atoms with Crippen LogP contribution >= 0.6 is 11.3 Å². The maximum absolute atomic E-state index is 12.0. The molecule has 0 atom stereocenters. The van der Waals surface area contributed by atoms with Gasteiger partial charge in [0.1, 0.15) is 0 Å². The number of rotatable bonds is 4. The quantitative estimate of drug-likeness (QED) is 0.829. The summed E-state index contributed by atoms with van der Waals surface area (Å²) >= 11 is 1.53. The number of nitrogens with two attached hydrogens (primary N) is 1. The number of nitrogens with zero attached hydrogens (tertiary/aromatic N) is 3. The molecule has 2 rings (SSSR count). The monoisotopic (exact) mass is 266 g/mol. The van der Waals surface area contributed by atoms with E-state index in [4.69, 9.17) is 5.73 Å². The van der Waals surface area contributed by atoms with Crippen molar-refractivity contribution >= 4 is 11.3 Å².